The van der Waals surface area contributed by atoms with Crippen LogP contribution in [0.4, 0.5) is 17.8 Å². The minimum Gasteiger partial charge on any atom is -0.353 e. The van der Waals surface area contributed by atoms with Gasteiger partial charge in [-0.2, -0.15) is 15.0 Å². The quantitative estimate of drug-likeness (QED) is 0.458. The molecule has 4 N–H and O–H groups in total. The SMILES string of the molecule is CN(C)c1nc(NN)nc(NCCN(C)C2CC2)n1. The van der Waals surface area contributed by atoms with Crippen molar-refractivity contribution in [3.05, 3.63) is 0 Å². The Labute approximate surface area is 113 Å². The average Bonchev–Trinajstić information content (AvgIpc) is 3.22. The molecule has 1 aromatic rings. The second kappa shape index (κ2) is 5.98. The van der Waals surface area contributed by atoms with E-state index >= 15 is 0 Å². The first-order valence-electron chi connectivity index (χ1n) is 6.44. The van der Waals surface area contributed by atoms with Crippen molar-refractivity contribution < 1.29 is 0 Å². The Morgan fingerprint density at radius 2 is 1.84 bits per heavy atom. The fourth-order valence-corrected chi connectivity index (χ4v) is 1.75. The van der Waals surface area contributed by atoms with E-state index in [0.717, 1.165) is 19.1 Å². The first-order valence-corrected chi connectivity index (χ1v) is 6.44. The monoisotopic (exact) mass is 266 g/mol. The average molecular weight is 266 g/mol. The number of nitrogens with two attached hydrogens (primary N) is 1. The van der Waals surface area contributed by atoms with Gasteiger partial charge in [0.25, 0.3) is 0 Å². The molecule has 2 rings (SSSR count). The van der Waals surface area contributed by atoms with Crippen LogP contribution in [0.1, 0.15) is 12.8 Å². The van der Waals surface area contributed by atoms with Crippen LogP contribution >= 0.6 is 0 Å². The topological polar surface area (TPSA) is 95.2 Å². The molecule has 8 heteroatoms. The first kappa shape index (κ1) is 13.8. The molecule has 1 heterocycles. The summed E-state index contributed by atoms with van der Waals surface area (Å²) in [6.07, 6.45) is 2.63. The largest absolute Gasteiger partial charge is 0.353 e. The maximum absolute atomic E-state index is 5.36. The second-order valence-electron chi connectivity index (χ2n) is 4.96. The number of rotatable bonds is 7. The van der Waals surface area contributed by atoms with Gasteiger partial charge in [-0.05, 0) is 19.9 Å². The van der Waals surface area contributed by atoms with Gasteiger partial charge < -0.3 is 15.1 Å². The molecule has 1 fully saturated rings. The second-order valence-corrected chi connectivity index (χ2v) is 4.96. The number of hydrogen-bond donors (Lipinski definition) is 3. The van der Waals surface area contributed by atoms with E-state index in [4.69, 9.17) is 5.84 Å². The standard InChI is InChI=1S/C11H22N8/c1-18(2)11-15-9(14-10(16-11)17-12)13-6-7-19(3)8-4-5-8/h8H,4-7,12H2,1-3H3,(H2,13,14,15,16,17). The molecule has 0 saturated heterocycles. The van der Waals surface area contributed by atoms with Gasteiger partial charge in [0.05, 0.1) is 0 Å². The highest BCUT2D eigenvalue weighted by Crippen LogP contribution is 2.24. The Balaban J connectivity index is 1.92. The van der Waals surface area contributed by atoms with E-state index in [1.54, 1.807) is 0 Å². The molecule has 0 unspecified atom stereocenters. The zero-order valence-corrected chi connectivity index (χ0v) is 11.7. The Hall–Kier alpha value is -1.67. The van der Waals surface area contributed by atoms with Crippen molar-refractivity contribution in [3.8, 4) is 0 Å². The Bertz CT molecular complexity index is 417. The van der Waals surface area contributed by atoms with Gasteiger partial charge in [-0.1, -0.05) is 0 Å². The predicted molar refractivity (Wildman–Crippen MR) is 76.1 cm³/mol. The summed E-state index contributed by atoms with van der Waals surface area (Å²) in [6.45, 7) is 1.77. The third kappa shape index (κ3) is 3.90. The fourth-order valence-electron chi connectivity index (χ4n) is 1.75. The van der Waals surface area contributed by atoms with Crippen LogP contribution in [-0.2, 0) is 0 Å². The molecule has 1 saturated carbocycles. The molecule has 19 heavy (non-hydrogen) atoms. The van der Waals surface area contributed by atoms with E-state index in [0.29, 0.717) is 17.8 Å². The highest BCUT2D eigenvalue weighted by molar-refractivity contribution is 5.42. The summed E-state index contributed by atoms with van der Waals surface area (Å²) < 4.78 is 0. The van der Waals surface area contributed by atoms with Crippen molar-refractivity contribution in [3.63, 3.8) is 0 Å². The van der Waals surface area contributed by atoms with Gasteiger partial charge in [0.2, 0.25) is 17.8 Å². The Morgan fingerprint density at radius 1 is 1.16 bits per heavy atom. The molecule has 1 aliphatic carbocycles. The van der Waals surface area contributed by atoms with Crippen molar-refractivity contribution in [1.82, 2.24) is 19.9 Å². The van der Waals surface area contributed by atoms with E-state index in [9.17, 15) is 0 Å². The fraction of sp³-hybridized carbons (Fsp3) is 0.727. The Kier molecular flexibility index (Phi) is 4.33. The molecule has 1 aliphatic rings. The highest BCUT2D eigenvalue weighted by Gasteiger charge is 2.25. The smallest absolute Gasteiger partial charge is 0.243 e. The van der Waals surface area contributed by atoms with Gasteiger partial charge in [-0.3, -0.25) is 5.43 Å². The van der Waals surface area contributed by atoms with E-state index in [1.807, 2.05) is 19.0 Å². The maximum Gasteiger partial charge on any atom is 0.243 e. The lowest BCUT2D eigenvalue weighted by Crippen LogP contribution is -2.28. The third-order valence-electron chi connectivity index (χ3n) is 3.07. The van der Waals surface area contributed by atoms with Crippen LogP contribution < -0.4 is 21.5 Å². The number of likely N-dealkylation sites (N-methyl/N-ethyl adjacent to an activating group) is 1. The molecule has 0 aromatic carbocycles. The zero-order chi connectivity index (χ0) is 13.8. The van der Waals surface area contributed by atoms with Gasteiger partial charge in [-0.25, -0.2) is 5.84 Å². The van der Waals surface area contributed by atoms with Crippen molar-refractivity contribution in [1.29, 1.82) is 0 Å². The van der Waals surface area contributed by atoms with Crippen LogP contribution in [0.2, 0.25) is 0 Å². The number of nitrogens with zero attached hydrogens (tertiary/aromatic N) is 5. The maximum atomic E-state index is 5.36. The minimum atomic E-state index is 0.358. The number of anilines is 3. The molecule has 0 amide bonds. The van der Waals surface area contributed by atoms with Crippen LogP contribution in [0.5, 0.6) is 0 Å². The number of nitrogen functional groups attached to an aromatic ring is 1. The summed E-state index contributed by atoms with van der Waals surface area (Å²) in [7, 11) is 5.89. The van der Waals surface area contributed by atoms with Crippen molar-refractivity contribution >= 4 is 17.8 Å². The number of hydrogen-bond acceptors (Lipinski definition) is 8. The molecular weight excluding hydrogens is 244 g/mol. The van der Waals surface area contributed by atoms with Gasteiger partial charge in [0.1, 0.15) is 0 Å². The molecule has 0 aliphatic heterocycles. The number of aromatic nitrogens is 3. The van der Waals surface area contributed by atoms with Crippen LogP contribution in [0.3, 0.4) is 0 Å². The summed E-state index contributed by atoms with van der Waals surface area (Å²) in [4.78, 5) is 16.8. The van der Waals surface area contributed by atoms with Crippen molar-refractivity contribution in [2.24, 2.45) is 5.84 Å². The third-order valence-corrected chi connectivity index (χ3v) is 3.07. The molecule has 0 atom stereocenters. The lowest BCUT2D eigenvalue weighted by atomic mass is 10.5. The van der Waals surface area contributed by atoms with Crippen LogP contribution in [-0.4, -0.2) is 60.1 Å². The normalized spacial score (nSPS) is 14.6. The van der Waals surface area contributed by atoms with Crippen LogP contribution in [0, 0.1) is 0 Å². The van der Waals surface area contributed by atoms with E-state index < -0.39 is 0 Å². The molecule has 0 bridgehead atoms. The number of hydrazine groups is 1. The van der Waals surface area contributed by atoms with E-state index in [-0.39, 0.29) is 0 Å². The van der Waals surface area contributed by atoms with Gasteiger partial charge in [0, 0.05) is 33.2 Å². The summed E-state index contributed by atoms with van der Waals surface area (Å²) in [5, 5.41) is 3.20. The lowest BCUT2D eigenvalue weighted by Gasteiger charge is -2.16. The highest BCUT2D eigenvalue weighted by atomic mass is 15.4. The van der Waals surface area contributed by atoms with Crippen molar-refractivity contribution in [2.75, 3.05) is 49.9 Å². The molecule has 106 valence electrons. The summed E-state index contributed by atoms with van der Waals surface area (Å²) in [6, 6.07) is 0.763. The number of nitrogens with one attached hydrogen (secondary N) is 2. The Morgan fingerprint density at radius 3 is 2.42 bits per heavy atom. The predicted octanol–water partition coefficient (Wildman–Crippen LogP) is -0.271. The van der Waals surface area contributed by atoms with Gasteiger partial charge in [0.15, 0.2) is 0 Å². The van der Waals surface area contributed by atoms with Crippen LogP contribution in [0.15, 0.2) is 0 Å². The van der Waals surface area contributed by atoms with Crippen LogP contribution in [0.25, 0.3) is 0 Å². The molecule has 0 spiro atoms. The van der Waals surface area contributed by atoms with Crippen molar-refractivity contribution in [2.45, 2.75) is 18.9 Å². The zero-order valence-electron chi connectivity index (χ0n) is 11.7. The molecule has 1 aromatic heterocycles. The van der Waals surface area contributed by atoms with Gasteiger partial charge in [-0.15, -0.1) is 0 Å². The minimum absolute atomic E-state index is 0.358. The summed E-state index contributed by atoms with van der Waals surface area (Å²) in [5.41, 5.74) is 2.45. The molecular formula is C11H22N8. The molecule has 8 nitrogen and oxygen atoms in total. The van der Waals surface area contributed by atoms with E-state index in [1.165, 1.54) is 12.8 Å². The summed E-state index contributed by atoms with van der Waals surface area (Å²) >= 11 is 0. The van der Waals surface area contributed by atoms with Gasteiger partial charge >= 0.3 is 0 Å². The van der Waals surface area contributed by atoms with E-state index in [2.05, 4.69) is 37.6 Å². The summed E-state index contributed by atoms with van der Waals surface area (Å²) in [5.74, 6) is 6.82. The lowest BCUT2D eigenvalue weighted by molar-refractivity contribution is 0.337. The first-order chi connectivity index (χ1) is 9.10. The molecule has 0 radical (unpaired) electrons.